The van der Waals surface area contributed by atoms with Gasteiger partial charge in [-0.3, -0.25) is 19.4 Å². The molecule has 0 bridgehead atoms. The van der Waals surface area contributed by atoms with Gasteiger partial charge in [0.25, 0.3) is 11.5 Å². The monoisotopic (exact) mass is 255 g/mol. The van der Waals surface area contributed by atoms with Gasteiger partial charge in [-0.25, -0.2) is 4.79 Å². The van der Waals surface area contributed by atoms with Crippen molar-refractivity contribution in [2.24, 2.45) is 12.5 Å². The molecular formula is C11H17N3O4. The number of nitrogens with zero attached hydrogens (tertiary/aromatic N) is 1. The Hall–Kier alpha value is -2.05. The Morgan fingerprint density at radius 2 is 2.00 bits per heavy atom. The number of carboxylic acid groups (broad SMARTS) is 1. The van der Waals surface area contributed by atoms with E-state index < -0.39 is 23.3 Å². The van der Waals surface area contributed by atoms with Crippen LogP contribution in [0.2, 0.25) is 0 Å². The number of carbonyl (C=O) groups is 2. The molecule has 7 nitrogen and oxygen atoms in total. The Morgan fingerprint density at radius 1 is 1.44 bits per heavy atom. The molecule has 1 rings (SSSR count). The zero-order valence-corrected chi connectivity index (χ0v) is 10.8. The first kappa shape index (κ1) is 14.0. The molecule has 1 amide bonds. The molecule has 100 valence electrons. The third-order valence-corrected chi connectivity index (χ3v) is 2.52. The molecule has 0 aliphatic rings. The zero-order chi connectivity index (χ0) is 14.1. The van der Waals surface area contributed by atoms with Gasteiger partial charge < -0.3 is 10.4 Å². The number of aryl methyl sites for hydroxylation is 1. The number of aliphatic carboxylic acids is 1. The van der Waals surface area contributed by atoms with Gasteiger partial charge in [0.1, 0.15) is 11.7 Å². The van der Waals surface area contributed by atoms with E-state index in [4.69, 9.17) is 5.11 Å². The summed E-state index contributed by atoms with van der Waals surface area (Å²) in [6.45, 7) is 5.12. The predicted octanol–water partition coefficient (Wildman–Crippen LogP) is -0.0575. The quantitative estimate of drug-likeness (QED) is 0.703. The Labute approximate surface area is 104 Å². The first-order valence-electron chi connectivity index (χ1n) is 5.42. The summed E-state index contributed by atoms with van der Waals surface area (Å²) in [5.74, 6) is -1.73. The van der Waals surface area contributed by atoms with E-state index in [2.05, 4.69) is 10.4 Å². The molecule has 0 saturated carbocycles. The molecule has 1 aromatic rings. The fraction of sp³-hybridized carbons (Fsp3) is 0.545. The molecule has 1 aromatic heterocycles. The summed E-state index contributed by atoms with van der Waals surface area (Å²) in [6.07, 6.45) is 0. The maximum Gasteiger partial charge on any atom is 0.326 e. The van der Waals surface area contributed by atoms with Crippen LogP contribution >= 0.6 is 0 Å². The Morgan fingerprint density at radius 3 is 2.33 bits per heavy atom. The van der Waals surface area contributed by atoms with E-state index >= 15 is 0 Å². The zero-order valence-electron chi connectivity index (χ0n) is 10.8. The second-order valence-electron chi connectivity index (χ2n) is 5.18. The lowest BCUT2D eigenvalue weighted by molar-refractivity contribution is -0.142. The van der Waals surface area contributed by atoms with Crippen LogP contribution in [0.1, 0.15) is 31.3 Å². The highest BCUT2D eigenvalue weighted by Crippen LogP contribution is 2.19. The largest absolute Gasteiger partial charge is 0.480 e. The van der Waals surface area contributed by atoms with Gasteiger partial charge in [0.2, 0.25) is 0 Å². The number of amides is 1. The number of carbonyl (C=O) groups excluding carboxylic acids is 1. The molecule has 0 aliphatic heterocycles. The number of aromatic nitrogens is 2. The van der Waals surface area contributed by atoms with Gasteiger partial charge in [0, 0.05) is 13.1 Å². The maximum atomic E-state index is 11.8. The van der Waals surface area contributed by atoms with Crippen LogP contribution in [0.5, 0.6) is 0 Å². The standard InChI is InChI=1S/C11H17N3O4/c1-11(2,3)8(10(17)18)12-9(16)6-5-7(15)14(4)13-6/h5,8,13H,1-4H3,(H,12,16)(H,17,18)/t8-/m1/s1. The Bertz CT molecular complexity index is 521. The van der Waals surface area contributed by atoms with Gasteiger partial charge in [-0.15, -0.1) is 0 Å². The lowest BCUT2D eigenvalue weighted by Crippen LogP contribution is -2.49. The molecule has 7 heteroatoms. The van der Waals surface area contributed by atoms with Crippen molar-refractivity contribution < 1.29 is 14.7 Å². The number of hydrogen-bond donors (Lipinski definition) is 3. The molecule has 1 atom stereocenters. The molecule has 0 radical (unpaired) electrons. The Balaban J connectivity index is 2.92. The SMILES string of the molecule is Cn1[nH]c(C(=O)N[C@H](C(=O)O)C(C)(C)C)cc1=O. The van der Waals surface area contributed by atoms with Crippen LogP contribution in [-0.2, 0) is 11.8 Å². The van der Waals surface area contributed by atoms with Gasteiger partial charge in [-0.05, 0) is 5.41 Å². The first-order chi connectivity index (χ1) is 8.12. The van der Waals surface area contributed by atoms with Crippen molar-refractivity contribution in [1.29, 1.82) is 0 Å². The van der Waals surface area contributed by atoms with Gasteiger partial charge >= 0.3 is 5.97 Å². The van der Waals surface area contributed by atoms with E-state index in [1.165, 1.54) is 7.05 Å². The van der Waals surface area contributed by atoms with Crippen LogP contribution in [0.3, 0.4) is 0 Å². The van der Waals surface area contributed by atoms with Crippen LogP contribution in [-0.4, -0.2) is 32.8 Å². The predicted molar refractivity (Wildman–Crippen MR) is 64.4 cm³/mol. The molecule has 3 N–H and O–H groups in total. The van der Waals surface area contributed by atoms with Crippen molar-refractivity contribution >= 4 is 11.9 Å². The fourth-order valence-electron chi connectivity index (χ4n) is 1.46. The summed E-state index contributed by atoms with van der Waals surface area (Å²) in [5.41, 5.74) is -0.947. The minimum absolute atomic E-state index is 0.0398. The van der Waals surface area contributed by atoms with Crippen LogP contribution in [0.25, 0.3) is 0 Å². The third-order valence-electron chi connectivity index (χ3n) is 2.52. The summed E-state index contributed by atoms with van der Waals surface area (Å²) in [5, 5.41) is 14.0. The molecule has 0 spiro atoms. The van der Waals surface area contributed by atoms with Gasteiger partial charge in [-0.2, -0.15) is 0 Å². The second-order valence-corrected chi connectivity index (χ2v) is 5.18. The highest BCUT2D eigenvalue weighted by molar-refractivity contribution is 5.95. The fourth-order valence-corrected chi connectivity index (χ4v) is 1.46. The number of H-pyrrole nitrogens is 1. The number of carboxylic acids is 1. The second kappa shape index (κ2) is 4.67. The molecule has 1 heterocycles. The maximum absolute atomic E-state index is 11.8. The molecular weight excluding hydrogens is 238 g/mol. The molecule has 18 heavy (non-hydrogen) atoms. The van der Waals surface area contributed by atoms with Crippen LogP contribution < -0.4 is 10.9 Å². The molecule has 0 fully saturated rings. The average Bonchev–Trinajstić information content (AvgIpc) is 2.53. The summed E-state index contributed by atoms with van der Waals surface area (Å²) < 4.78 is 1.14. The van der Waals surface area contributed by atoms with E-state index in [1.807, 2.05) is 0 Å². The van der Waals surface area contributed by atoms with Gasteiger partial charge in [0.05, 0.1) is 0 Å². The van der Waals surface area contributed by atoms with Gasteiger partial charge in [0.15, 0.2) is 0 Å². The van der Waals surface area contributed by atoms with Crippen molar-refractivity contribution in [1.82, 2.24) is 15.1 Å². The molecule has 0 saturated heterocycles. The van der Waals surface area contributed by atoms with Crippen molar-refractivity contribution in [3.63, 3.8) is 0 Å². The number of nitrogens with one attached hydrogen (secondary N) is 2. The Kier molecular flexibility index (Phi) is 3.64. The minimum atomic E-state index is -1.12. The smallest absolute Gasteiger partial charge is 0.326 e. The van der Waals surface area contributed by atoms with Crippen LogP contribution in [0, 0.1) is 5.41 Å². The van der Waals surface area contributed by atoms with E-state index in [9.17, 15) is 14.4 Å². The van der Waals surface area contributed by atoms with Gasteiger partial charge in [-0.1, -0.05) is 20.8 Å². The van der Waals surface area contributed by atoms with Crippen molar-refractivity contribution in [3.8, 4) is 0 Å². The number of aromatic amines is 1. The summed E-state index contributed by atoms with van der Waals surface area (Å²) in [7, 11) is 1.47. The topological polar surface area (TPSA) is 104 Å². The van der Waals surface area contributed by atoms with E-state index in [1.54, 1.807) is 20.8 Å². The van der Waals surface area contributed by atoms with E-state index in [-0.39, 0.29) is 11.3 Å². The van der Waals surface area contributed by atoms with E-state index in [0.717, 1.165) is 10.7 Å². The lowest BCUT2D eigenvalue weighted by atomic mass is 9.86. The van der Waals surface area contributed by atoms with Crippen LogP contribution in [0.4, 0.5) is 0 Å². The molecule has 0 aliphatic carbocycles. The number of hydrogen-bond acceptors (Lipinski definition) is 3. The van der Waals surface area contributed by atoms with Crippen LogP contribution in [0.15, 0.2) is 10.9 Å². The van der Waals surface area contributed by atoms with Crippen molar-refractivity contribution in [2.45, 2.75) is 26.8 Å². The molecule has 0 unspecified atom stereocenters. The van der Waals surface area contributed by atoms with Crippen molar-refractivity contribution in [2.75, 3.05) is 0 Å². The lowest BCUT2D eigenvalue weighted by Gasteiger charge is -2.27. The minimum Gasteiger partial charge on any atom is -0.480 e. The summed E-state index contributed by atoms with van der Waals surface area (Å²) in [6, 6.07) is 0.0883. The highest BCUT2D eigenvalue weighted by Gasteiger charge is 2.33. The summed E-state index contributed by atoms with van der Waals surface area (Å²) in [4.78, 5) is 34.1. The molecule has 0 aromatic carbocycles. The third kappa shape index (κ3) is 2.99. The van der Waals surface area contributed by atoms with Crippen molar-refractivity contribution in [3.05, 3.63) is 22.1 Å². The normalized spacial score (nSPS) is 13.1. The average molecular weight is 255 g/mol. The highest BCUT2D eigenvalue weighted by atomic mass is 16.4. The number of rotatable bonds is 3. The summed E-state index contributed by atoms with van der Waals surface area (Å²) >= 11 is 0. The first-order valence-corrected chi connectivity index (χ1v) is 5.42. The van der Waals surface area contributed by atoms with E-state index in [0.29, 0.717) is 0 Å².